The van der Waals surface area contributed by atoms with E-state index in [1.807, 2.05) is 17.0 Å². The lowest BCUT2D eigenvalue weighted by atomic mass is 9.74. The van der Waals surface area contributed by atoms with Crippen LogP contribution in [0.5, 0.6) is 0 Å². The molecule has 0 radical (unpaired) electrons. The van der Waals surface area contributed by atoms with Gasteiger partial charge in [-0.3, -0.25) is 4.79 Å². The molecular formula is C16H20N2O2. The Labute approximate surface area is 119 Å². The lowest BCUT2D eigenvalue weighted by molar-refractivity contribution is -0.142. The van der Waals surface area contributed by atoms with Crippen LogP contribution in [0.2, 0.25) is 0 Å². The number of nitrogens with zero attached hydrogens (tertiary/aromatic N) is 2. The first kappa shape index (κ1) is 13.2. The third kappa shape index (κ3) is 2.45. The molecule has 0 spiro atoms. The average Bonchev–Trinajstić information content (AvgIpc) is 3.21. The van der Waals surface area contributed by atoms with Gasteiger partial charge in [0.25, 0.3) is 0 Å². The molecule has 0 aromatic carbocycles. The van der Waals surface area contributed by atoms with Gasteiger partial charge in [-0.25, -0.2) is 0 Å². The topological polar surface area (TPSA) is 57.2 Å². The van der Waals surface area contributed by atoms with Crippen molar-refractivity contribution >= 4 is 5.91 Å². The SMILES string of the molecule is N#CC1(C(=O)N(Cc2ccco2)C2CC2)CCCCC1. The molecule has 1 amide bonds. The summed E-state index contributed by atoms with van der Waals surface area (Å²) in [4.78, 5) is 14.8. The molecule has 0 atom stereocenters. The first-order valence-electron chi connectivity index (χ1n) is 7.50. The summed E-state index contributed by atoms with van der Waals surface area (Å²) >= 11 is 0. The summed E-state index contributed by atoms with van der Waals surface area (Å²) in [5.74, 6) is 0.827. The van der Waals surface area contributed by atoms with Crippen molar-refractivity contribution in [3.05, 3.63) is 24.2 Å². The minimum atomic E-state index is -0.784. The van der Waals surface area contributed by atoms with E-state index in [2.05, 4.69) is 6.07 Å². The first-order chi connectivity index (χ1) is 9.75. The molecule has 2 saturated carbocycles. The van der Waals surface area contributed by atoms with E-state index in [0.29, 0.717) is 25.4 Å². The Kier molecular flexibility index (Phi) is 3.52. The summed E-state index contributed by atoms with van der Waals surface area (Å²) in [6.07, 6.45) is 8.26. The largest absolute Gasteiger partial charge is 0.467 e. The van der Waals surface area contributed by atoms with Crippen molar-refractivity contribution in [2.75, 3.05) is 0 Å². The molecule has 0 aliphatic heterocycles. The third-order valence-electron chi connectivity index (χ3n) is 4.49. The van der Waals surface area contributed by atoms with Gasteiger partial charge in [-0.2, -0.15) is 5.26 Å². The van der Waals surface area contributed by atoms with Crippen LogP contribution >= 0.6 is 0 Å². The highest BCUT2D eigenvalue weighted by atomic mass is 16.3. The van der Waals surface area contributed by atoms with Crippen LogP contribution < -0.4 is 0 Å². The van der Waals surface area contributed by atoms with Crippen molar-refractivity contribution < 1.29 is 9.21 Å². The standard InChI is InChI=1S/C16H20N2O2/c17-12-16(8-2-1-3-9-16)15(19)18(13-6-7-13)11-14-5-4-10-20-14/h4-5,10,13H,1-3,6-9,11H2. The summed E-state index contributed by atoms with van der Waals surface area (Å²) in [5, 5.41) is 9.57. The van der Waals surface area contributed by atoms with Gasteiger partial charge in [0.1, 0.15) is 11.2 Å². The molecule has 0 bridgehead atoms. The van der Waals surface area contributed by atoms with E-state index < -0.39 is 5.41 Å². The van der Waals surface area contributed by atoms with Gasteiger partial charge >= 0.3 is 0 Å². The molecule has 2 aliphatic rings. The number of carbonyl (C=O) groups is 1. The maximum atomic E-state index is 12.9. The molecule has 106 valence electrons. The van der Waals surface area contributed by atoms with Crippen LogP contribution in [-0.4, -0.2) is 16.8 Å². The fraction of sp³-hybridized carbons (Fsp3) is 0.625. The number of carbonyl (C=O) groups excluding carboxylic acids is 1. The van der Waals surface area contributed by atoms with Crippen LogP contribution in [0.15, 0.2) is 22.8 Å². The van der Waals surface area contributed by atoms with Gasteiger partial charge in [-0.05, 0) is 37.8 Å². The molecule has 4 nitrogen and oxygen atoms in total. The number of hydrogen-bond donors (Lipinski definition) is 0. The molecule has 3 rings (SSSR count). The van der Waals surface area contributed by atoms with Crippen molar-refractivity contribution in [2.45, 2.75) is 57.5 Å². The molecule has 1 aromatic rings. The monoisotopic (exact) mass is 272 g/mol. The lowest BCUT2D eigenvalue weighted by Crippen LogP contribution is -2.45. The van der Waals surface area contributed by atoms with E-state index >= 15 is 0 Å². The predicted octanol–water partition coefficient (Wildman–Crippen LogP) is 3.24. The number of hydrogen-bond acceptors (Lipinski definition) is 3. The molecular weight excluding hydrogens is 252 g/mol. The highest BCUT2D eigenvalue weighted by Crippen LogP contribution is 2.40. The number of amides is 1. The third-order valence-corrected chi connectivity index (χ3v) is 4.49. The Balaban J connectivity index is 1.79. The first-order valence-corrected chi connectivity index (χ1v) is 7.50. The highest BCUT2D eigenvalue weighted by Gasteiger charge is 2.46. The van der Waals surface area contributed by atoms with Gasteiger partial charge < -0.3 is 9.32 Å². The molecule has 20 heavy (non-hydrogen) atoms. The van der Waals surface area contributed by atoms with Crippen LogP contribution in [0, 0.1) is 16.7 Å². The molecule has 0 saturated heterocycles. The van der Waals surface area contributed by atoms with Gasteiger partial charge in [0.15, 0.2) is 0 Å². The zero-order chi connectivity index (χ0) is 14.0. The summed E-state index contributed by atoms with van der Waals surface area (Å²) in [7, 11) is 0. The average molecular weight is 272 g/mol. The zero-order valence-electron chi connectivity index (χ0n) is 11.7. The van der Waals surface area contributed by atoms with E-state index in [4.69, 9.17) is 4.42 Å². The van der Waals surface area contributed by atoms with E-state index in [1.54, 1.807) is 6.26 Å². The summed E-state index contributed by atoms with van der Waals surface area (Å²) in [6, 6.07) is 6.37. The maximum absolute atomic E-state index is 12.9. The van der Waals surface area contributed by atoms with Crippen molar-refractivity contribution in [1.29, 1.82) is 5.26 Å². The van der Waals surface area contributed by atoms with Crippen molar-refractivity contribution in [3.63, 3.8) is 0 Å². The number of furan rings is 1. The van der Waals surface area contributed by atoms with E-state index in [-0.39, 0.29) is 5.91 Å². The molecule has 0 unspecified atom stereocenters. The van der Waals surface area contributed by atoms with Crippen LogP contribution in [0.4, 0.5) is 0 Å². The number of nitriles is 1. The molecule has 1 heterocycles. The van der Waals surface area contributed by atoms with Crippen LogP contribution in [-0.2, 0) is 11.3 Å². The van der Waals surface area contributed by atoms with Crippen LogP contribution in [0.1, 0.15) is 50.7 Å². The Morgan fingerprint density at radius 2 is 2.15 bits per heavy atom. The van der Waals surface area contributed by atoms with Crippen molar-refractivity contribution in [2.24, 2.45) is 5.41 Å². The zero-order valence-corrected chi connectivity index (χ0v) is 11.7. The van der Waals surface area contributed by atoms with Crippen LogP contribution in [0.3, 0.4) is 0 Å². The van der Waals surface area contributed by atoms with Gasteiger partial charge in [0.2, 0.25) is 5.91 Å². The summed E-state index contributed by atoms with van der Waals surface area (Å²) in [5.41, 5.74) is -0.784. The smallest absolute Gasteiger partial charge is 0.243 e. The quantitative estimate of drug-likeness (QED) is 0.845. The predicted molar refractivity (Wildman–Crippen MR) is 73.4 cm³/mol. The highest BCUT2D eigenvalue weighted by molar-refractivity contribution is 5.86. The molecule has 1 aromatic heterocycles. The Morgan fingerprint density at radius 3 is 2.70 bits per heavy atom. The van der Waals surface area contributed by atoms with Crippen molar-refractivity contribution in [1.82, 2.24) is 4.90 Å². The van der Waals surface area contributed by atoms with Crippen LogP contribution in [0.25, 0.3) is 0 Å². The second-order valence-corrected chi connectivity index (χ2v) is 6.00. The number of rotatable bonds is 4. The maximum Gasteiger partial charge on any atom is 0.243 e. The minimum Gasteiger partial charge on any atom is -0.467 e. The molecule has 2 fully saturated rings. The lowest BCUT2D eigenvalue weighted by Gasteiger charge is -2.34. The summed E-state index contributed by atoms with van der Waals surface area (Å²) < 4.78 is 5.37. The normalized spacial score (nSPS) is 21.1. The second-order valence-electron chi connectivity index (χ2n) is 6.00. The second kappa shape index (κ2) is 5.32. The van der Waals surface area contributed by atoms with Gasteiger partial charge in [0, 0.05) is 6.04 Å². The molecule has 0 N–H and O–H groups in total. The van der Waals surface area contributed by atoms with E-state index in [0.717, 1.165) is 37.9 Å². The van der Waals surface area contributed by atoms with Gasteiger partial charge in [-0.1, -0.05) is 19.3 Å². The van der Waals surface area contributed by atoms with Gasteiger partial charge in [-0.15, -0.1) is 0 Å². The Morgan fingerprint density at radius 1 is 1.40 bits per heavy atom. The Hall–Kier alpha value is -1.76. The molecule has 4 heteroatoms. The van der Waals surface area contributed by atoms with E-state index in [1.165, 1.54) is 0 Å². The van der Waals surface area contributed by atoms with Gasteiger partial charge in [0.05, 0.1) is 18.9 Å². The fourth-order valence-electron chi connectivity index (χ4n) is 3.13. The molecule has 2 aliphatic carbocycles. The minimum absolute atomic E-state index is 0.0265. The van der Waals surface area contributed by atoms with Crippen molar-refractivity contribution in [3.8, 4) is 6.07 Å². The summed E-state index contributed by atoms with van der Waals surface area (Å²) in [6.45, 7) is 0.500. The fourth-order valence-corrected chi connectivity index (χ4v) is 3.13. The van der Waals surface area contributed by atoms with E-state index in [9.17, 15) is 10.1 Å². The Bertz CT molecular complexity index is 505.